The lowest BCUT2D eigenvalue weighted by Gasteiger charge is -2.19. The number of nitrogens with one attached hydrogen (secondary N) is 1. The van der Waals surface area contributed by atoms with Gasteiger partial charge >= 0.3 is 5.97 Å². The summed E-state index contributed by atoms with van der Waals surface area (Å²) in [6.45, 7) is 3.98. The average Bonchev–Trinajstić information content (AvgIpc) is 3.07. The lowest BCUT2D eigenvalue weighted by molar-refractivity contribution is -0.140. The number of rotatable bonds is 7. The minimum atomic E-state index is -4.17. The summed E-state index contributed by atoms with van der Waals surface area (Å²) >= 11 is 0. The molecule has 2 rings (SSSR count). The van der Waals surface area contributed by atoms with Crippen molar-refractivity contribution >= 4 is 26.0 Å². The molecule has 1 fully saturated rings. The van der Waals surface area contributed by atoms with E-state index in [9.17, 15) is 21.6 Å². The minimum absolute atomic E-state index is 0.117. The molecule has 1 aromatic carbocycles. The molecule has 0 amide bonds. The van der Waals surface area contributed by atoms with Crippen molar-refractivity contribution in [1.29, 1.82) is 0 Å². The smallest absolute Gasteiger partial charge is 0.322 e. The van der Waals surface area contributed by atoms with E-state index in [0.29, 0.717) is 13.1 Å². The third kappa shape index (κ3) is 4.38. The van der Waals surface area contributed by atoms with Gasteiger partial charge in [-0.15, -0.1) is 0 Å². The van der Waals surface area contributed by atoms with Gasteiger partial charge in [-0.05, 0) is 37.0 Å². The third-order valence-corrected chi connectivity index (χ3v) is 7.37. The van der Waals surface area contributed by atoms with Crippen LogP contribution in [0.5, 0.6) is 0 Å². The minimum Gasteiger partial charge on any atom is -0.480 e. The van der Waals surface area contributed by atoms with Crippen molar-refractivity contribution in [3.8, 4) is 0 Å². The Hall–Kier alpha value is -1.49. The van der Waals surface area contributed by atoms with E-state index in [1.165, 1.54) is 22.5 Å². The SMILES string of the molecule is CC(C)[C@H](NS(=O)(=O)c1cccc(S(=O)(=O)N2CCCC2)c1)C(=O)O. The number of carboxylic acid groups (broad SMARTS) is 1. The maximum Gasteiger partial charge on any atom is 0.322 e. The Morgan fingerprint density at radius 3 is 2.20 bits per heavy atom. The molecule has 0 aromatic heterocycles. The summed E-state index contributed by atoms with van der Waals surface area (Å²) < 4.78 is 53.5. The quantitative estimate of drug-likeness (QED) is 0.712. The van der Waals surface area contributed by atoms with E-state index in [0.717, 1.165) is 18.9 Å². The van der Waals surface area contributed by atoms with Gasteiger partial charge in [-0.3, -0.25) is 4.79 Å². The fourth-order valence-corrected chi connectivity index (χ4v) is 5.61. The molecule has 25 heavy (non-hydrogen) atoms. The van der Waals surface area contributed by atoms with Gasteiger partial charge in [-0.25, -0.2) is 16.8 Å². The number of carbonyl (C=O) groups is 1. The molecule has 8 nitrogen and oxygen atoms in total. The first kappa shape index (κ1) is 19.8. The number of carboxylic acids is 1. The normalized spacial score (nSPS) is 17.7. The van der Waals surface area contributed by atoms with Gasteiger partial charge in [0.2, 0.25) is 20.0 Å². The Morgan fingerprint density at radius 1 is 1.12 bits per heavy atom. The summed E-state index contributed by atoms with van der Waals surface area (Å²) in [4.78, 5) is 10.8. The highest BCUT2D eigenvalue weighted by atomic mass is 32.2. The predicted octanol–water partition coefficient (Wildman–Crippen LogP) is 0.859. The van der Waals surface area contributed by atoms with E-state index in [1.807, 2.05) is 0 Å². The maximum atomic E-state index is 12.6. The fraction of sp³-hybridized carbons (Fsp3) is 0.533. The van der Waals surface area contributed by atoms with Crippen LogP contribution in [0, 0.1) is 5.92 Å². The number of aliphatic carboxylic acids is 1. The van der Waals surface area contributed by atoms with Gasteiger partial charge in [0.1, 0.15) is 6.04 Å². The average molecular weight is 390 g/mol. The van der Waals surface area contributed by atoms with Crippen LogP contribution in [-0.4, -0.2) is 51.3 Å². The fourth-order valence-electron chi connectivity index (χ4n) is 2.59. The second-order valence-electron chi connectivity index (χ2n) is 6.27. The summed E-state index contributed by atoms with van der Waals surface area (Å²) in [6.07, 6.45) is 1.54. The lowest BCUT2D eigenvalue weighted by atomic mass is 10.1. The molecule has 1 aromatic rings. The van der Waals surface area contributed by atoms with Crippen molar-refractivity contribution in [3.05, 3.63) is 24.3 Å². The molecule has 1 atom stereocenters. The second kappa shape index (κ2) is 7.40. The Kier molecular flexibility index (Phi) is 5.87. The van der Waals surface area contributed by atoms with E-state index in [1.54, 1.807) is 13.8 Å². The van der Waals surface area contributed by atoms with Crippen LogP contribution in [0.3, 0.4) is 0 Å². The predicted molar refractivity (Wildman–Crippen MR) is 91.0 cm³/mol. The van der Waals surface area contributed by atoms with E-state index in [4.69, 9.17) is 5.11 Å². The Balaban J connectivity index is 2.35. The number of benzene rings is 1. The molecule has 140 valence electrons. The van der Waals surface area contributed by atoms with Crippen LogP contribution in [0.25, 0.3) is 0 Å². The van der Waals surface area contributed by atoms with Crippen molar-refractivity contribution < 1.29 is 26.7 Å². The summed E-state index contributed by atoms with van der Waals surface area (Å²) in [6, 6.07) is 3.68. The van der Waals surface area contributed by atoms with Crippen molar-refractivity contribution in [2.45, 2.75) is 42.5 Å². The van der Waals surface area contributed by atoms with Crippen LogP contribution in [-0.2, 0) is 24.8 Å². The van der Waals surface area contributed by atoms with E-state index < -0.39 is 38.0 Å². The van der Waals surface area contributed by atoms with Gasteiger partial charge in [0.25, 0.3) is 0 Å². The first-order valence-corrected chi connectivity index (χ1v) is 10.8. The largest absolute Gasteiger partial charge is 0.480 e. The van der Waals surface area contributed by atoms with Crippen molar-refractivity contribution in [2.24, 2.45) is 5.92 Å². The highest BCUT2D eigenvalue weighted by molar-refractivity contribution is 7.90. The van der Waals surface area contributed by atoms with Crippen molar-refractivity contribution in [1.82, 2.24) is 9.03 Å². The Morgan fingerprint density at radius 2 is 1.68 bits per heavy atom. The molecular formula is C15H22N2O6S2. The Labute approximate surface area is 147 Å². The highest BCUT2D eigenvalue weighted by Crippen LogP contribution is 2.23. The van der Waals surface area contributed by atoms with Crippen molar-refractivity contribution in [2.75, 3.05) is 13.1 Å². The molecule has 1 saturated heterocycles. The van der Waals surface area contributed by atoms with Gasteiger partial charge in [-0.1, -0.05) is 19.9 Å². The number of sulfonamides is 2. The molecule has 10 heteroatoms. The zero-order valence-electron chi connectivity index (χ0n) is 14.0. The lowest BCUT2D eigenvalue weighted by Crippen LogP contribution is -2.44. The molecule has 0 saturated carbocycles. The van der Waals surface area contributed by atoms with Crippen LogP contribution < -0.4 is 4.72 Å². The molecule has 0 radical (unpaired) electrons. The summed E-state index contributed by atoms with van der Waals surface area (Å²) in [5, 5.41) is 9.15. The van der Waals surface area contributed by atoms with Gasteiger partial charge in [0, 0.05) is 13.1 Å². The van der Waals surface area contributed by atoms with Gasteiger partial charge in [0.15, 0.2) is 0 Å². The third-order valence-electron chi connectivity index (χ3n) is 4.03. The van der Waals surface area contributed by atoms with Crippen LogP contribution in [0.15, 0.2) is 34.1 Å². The summed E-state index contributed by atoms with van der Waals surface area (Å²) in [7, 11) is -7.93. The molecular weight excluding hydrogens is 368 g/mol. The Bertz CT molecular complexity index is 843. The molecule has 0 bridgehead atoms. The molecule has 1 heterocycles. The molecule has 2 N–H and O–H groups in total. The molecule has 0 unspecified atom stereocenters. The maximum absolute atomic E-state index is 12.6. The number of hydrogen-bond acceptors (Lipinski definition) is 5. The standard InChI is InChI=1S/C15H22N2O6S2/c1-11(2)14(15(18)19)16-24(20,21)12-6-5-7-13(10-12)25(22,23)17-8-3-4-9-17/h5-7,10-11,14,16H,3-4,8-9H2,1-2H3,(H,18,19)/t14-/m0/s1. The van der Waals surface area contributed by atoms with Gasteiger partial charge in [-0.2, -0.15) is 9.03 Å². The van der Waals surface area contributed by atoms with Gasteiger partial charge < -0.3 is 5.11 Å². The van der Waals surface area contributed by atoms with Crippen LogP contribution in [0.4, 0.5) is 0 Å². The van der Waals surface area contributed by atoms with Gasteiger partial charge in [0.05, 0.1) is 9.79 Å². The van der Waals surface area contributed by atoms with Crippen LogP contribution in [0.2, 0.25) is 0 Å². The summed E-state index contributed by atoms with van der Waals surface area (Å²) in [5.74, 6) is -1.76. The zero-order chi connectivity index (χ0) is 18.8. The monoisotopic (exact) mass is 390 g/mol. The highest BCUT2D eigenvalue weighted by Gasteiger charge is 2.31. The van der Waals surface area contributed by atoms with Crippen LogP contribution >= 0.6 is 0 Å². The first-order valence-electron chi connectivity index (χ1n) is 7.91. The zero-order valence-corrected chi connectivity index (χ0v) is 15.7. The van der Waals surface area contributed by atoms with E-state index in [-0.39, 0.29) is 9.79 Å². The molecule has 0 aliphatic carbocycles. The van der Waals surface area contributed by atoms with E-state index >= 15 is 0 Å². The van der Waals surface area contributed by atoms with E-state index in [2.05, 4.69) is 4.72 Å². The van der Waals surface area contributed by atoms with Crippen molar-refractivity contribution in [3.63, 3.8) is 0 Å². The summed E-state index contributed by atoms with van der Waals surface area (Å²) in [5.41, 5.74) is 0. The molecule has 1 aliphatic rings. The molecule has 1 aliphatic heterocycles. The topological polar surface area (TPSA) is 121 Å². The molecule has 0 spiro atoms. The second-order valence-corrected chi connectivity index (χ2v) is 9.92. The first-order chi connectivity index (χ1) is 11.6. The number of hydrogen-bond donors (Lipinski definition) is 2. The number of nitrogens with zero attached hydrogens (tertiary/aromatic N) is 1. The van der Waals surface area contributed by atoms with Crippen LogP contribution in [0.1, 0.15) is 26.7 Å².